The van der Waals surface area contributed by atoms with Crippen LogP contribution in [-0.4, -0.2) is 34.8 Å². The van der Waals surface area contributed by atoms with E-state index in [0.717, 1.165) is 38.4 Å². The molecule has 2 rings (SSSR count). The second-order valence-corrected chi connectivity index (χ2v) is 6.41. The summed E-state index contributed by atoms with van der Waals surface area (Å²) >= 11 is 1.86. The van der Waals surface area contributed by atoms with Crippen LogP contribution in [0, 0.1) is 11.8 Å². The Morgan fingerprint density at radius 1 is 1.44 bits per heavy atom. The fourth-order valence-corrected chi connectivity index (χ4v) is 4.22. The minimum Gasteiger partial charge on any atom is -0.481 e. The first-order chi connectivity index (χ1) is 7.70. The molecule has 2 aliphatic rings. The molecule has 1 aliphatic heterocycles. The number of hydrogen-bond acceptors (Lipinski definition) is 3. The van der Waals surface area contributed by atoms with E-state index in [1.54, 1.807) is 0 Å². The molecule has 0 radical (unpaired) electrons. The van der Waals surface area contributed by atoms with Gasteiger partial charge in [-0.25, -0.2) is 0 Å². The van der Waals surface area contributed by atoms with Crippen LogP contribution < -0.4 is 0 Å². The number of hydrogen-bond donors (Lipinski definition) is 1. The topological polar surface area (TPSA) is 46.5 Å². The van der Waals surface area contributed by atoms with E-state index in [1.165, 1.54) is 6.42 Å². The molecular formula is C12H20O3S. The highest BCUT2D eigenvalue weighted by atomic mass is 32.2. The Kier molecular flexibility index (Phi) is 4.14. The van der Waals surface area contributed by atoms with Crippen molar-refractivity contribution in [1.29, 1.82) is 0 Å². The van der Waals surface area contributed by atoms with Crippen LogP contribution in [0.25, 0.3) is 0 Å². The van der Waals surface area contributed by atoms with Gasteiger partial charge in [0, 0.05) is 5.25 Å². The van der Waals surface area contributed by atoms with Crippen molar-refractivity contribution in [1.82, 2.24) is 0 Å². The molecule has 3 nitrogen and oxygen atoms in total. The van der Waals surface area contributed by atoms with Gasteiger partial charge in [0.25, 0.3) is 0 Å². The number of carbonyl (C=O) groups is 1. The molecule has 1 saturated heterocycles. The third-order valence-electron chi connectivity index (χ3n) is 3.77. The van der Waals surface area contributed by atoms with E-state index in [9.17, 15) is 9.90 Å². The fourth-order valence-electron chi connectivity index (χ4n) is 2.56. The average Bonchev–Trinajstić information content (AvgIpc) is 2.22. The van der Waals surface area contributed by atoms with Crippen molar-refractivity contribution >= 4 is 17.7 Å². The number of carboxylic acids is 1. The number of rotatable bonds is 4. The lowest BCUT2D eigenvalue weighted by Crippen LogP contribution is -2.38. The Hall–Kier alpha value is -0.220. The van der Waals surface area contributed by atoms with Crippen LogP contribution in [0.4, 0.5) is 0 Å². The maximum atomic E-state index is 11.2. The van der Waals surface area contributed by atoms with Crippen LogP contribution in [0.1, 0.15) is 32.6 Å². The highest BCUT2D eigenvalue weighted by Crippen LogP contribution is 2.40. The van der Waals surface area contributed by atoms with Crippen molar-refractivity contribution in [3.05, 3.63) is 0 Å². The highest BCUT2D eigenvalue weighted by Gasteiger charge is 2.37. The maximum absolute atomic E-state index is 11.2. The molecule has 0 bridgehead atoms. The third kappa shape index (κ3) is 2.72. The van der Waals surface area contributed by atoms with Gasteiger partial charge in [-0.05, 0) is 25.2 Å². The van der Waals surface area contributed by atoms with Crippen molar-refractivity contribution in [2.45, 2.75) is 43.1 Å². The van der Waals surface area contributed by atoms with Crippen LogP contribution in [0.2, 0.25) is 0 Å². The lowest BCUT2D eigenvalue weighted by atomic mass is 9.80. The highest BCUT2D eigenvalue weighted by molar-refractivity contribution is 8.00. The molecular weight excluding hydrogens is 224 g/mol. The van der Waals surface area contributed by atoms with E-state index in [-0.39, 0.29) is 5.92 Å². The van der Waals surface area contributed by atoms with E-state index in [2.05, 4.69) is 6.92 Å². The van der Waals surface area contributed by atoms with E-state index in [0.29, 0.717) is 10.5 Å². The first kappa shape index (κ1) is 12.2. The molecule has 0 spiro atoms. The van der Waals surface area contributed by atoms with Crippen molar-refractivity contribution in [2.24, 2.45) is 11.8 Å². The summed E-state index contributed by atoms with van der Waals surface area (Å²) in [5, 5.41) is 10.1. The van der Waals surface area contributed by atoms with Crippen LogP contribution in [0.5, 0.6) is 0 Å². The number of aliphatic carboxylic acids is 1. The summed E-state index contributed by atoms with van der Waals surface area (Å²) in [4.78, 5) is 11.2. The molecule has 1 saturated carbocycles. The van der Waals surface area contributed by atoms with Gasteiger partial charge in [-0.3, -0.25) is 4.79 Å². The molecule has 4 heteroatoms. The van der Waals surface area contributed by atoms with E-state index < -0.39 is 5.97 Å². The van der Waals surface area contributed by atoms with Crippen molar-refractivity contribution in [2.75, 3.05) is 13.2 Å². The number of ether oxygens (including phenoxy) is 1. The Morgan fingerprint density at radius 3 is 2.69 bits per heavy atom. The third-order valence-corrected chi connectivity index (χ3v) is 5.30. The molecule has 2 fully saturated rings. The first-order valence-electron chi connectivity index (χ1n) is 6.16. The fraction of sp³-hybridized carbons (Fsp3) is 0.917. The second kappa shape index (κ2) is 5.41. The van der Waals surface area contributed by atoms with Gasteiger partial charge in [0.05, 0.1) is 24.4 Å². The molecule has 3 atom stereocenters. The van der Waals surface area contributed by atoms with Gasteiger partial charge < -0.3 is 9.84 Å². The SMILES string of the molecule is CCC1CCC(C(=O)O)C(SC2COC2)C1. The summed E-state index contributed by atoms with van der Waals surface area (Å²) in [7, 11) is 0. The predicted molar refractivity (Wildman–Crippen MR) is 64.7 cm³/mol. The second-order valence-electron chi connectivity index (χ2n) is 4.87. The predicted octanol–water partition coefficient (Wildman–Crippen LogP) is 2.40. The lowest BCUT2D eigenvalue weighted by molar-refractivity contribution is -0.142. The Morgan fingerprint density at radius 2 is 2.19 bits per heavy atom. The maximum Gasteiger partial charge on any atom is 0.307 e. The molecule has 0 amide bonds. The summed E-state index contributed by atoms with van der Waals surface area (Å²) in [5.74, 6) is -0.00482. The molecule has 0 aromatic heterocycles. The smallest absolute Gasteiger partial charge is 0.307 e. The van der Waals surface area contributed by atoms with E-state index >= 15 is 0 Å². The molecule has 1 heterocycles. The van der Waals surface area contributed by atoms with Gasteiger partial charge in [0.15, 0.2) is 0 Å². The molecule has 1 N–H and O–H groups in total. The average molecular weight is 244 g/mol. The van der Waals surface area contributed by atoms with Crippen molar-refractivity contribution < 1.29 is 14.6 Å². The summed E-state index contributed by atoms with van der Waals surface area (Å²) in [6, 6.07) is 0. The Bertz CT molecular complexity index is 251. The zero-order chi connectivity index (χ0) is 11.5. The summed E-state index contributed by atoms with van der Waals surface area (Å²) in [5.41, 5.74) is 0. The Balaban J connectivity index is 1.93. The van der Waals surface area contributed by atoms with Crippen LogP contribution in [0.15, 0.2) is 0 Å². The van der Waals surface area contributed by atoms with Gasteiger partial charge in [-0.2, -0.15) is 0 Å². The minimum absolute atomic E-state index is 0.131. The zero-order valence-corrected chi connectivity index (χ0v) is 10.5. The molecule has 3 unspecified atom stereocenters. The monoisotopic (exact) mass is 244 g/mol. The molecule has 16 heavy (non-hydrogen) atoms. The van der Waals surface area contributed by atoms with Gasteiger partial charge >= 0.3 is 5.97 Å². The molecule has 92 valence electrons. The number of thioether (sulfide) groups is 1. The normalized spacial score (nSPS) is 35.7. The van der Waals surface area contributed by atoms with Crippen LogP contribution in [0.3, 0.4) is 0 Å². The number of carboxylic acid groups (broad SMARTS) is 1. The van der Waals surface area contributed by atoms with Gasteiger partial charge in [-0.1, -0.05) is 13.3 Å². The zero-order valence-electron chi connectivity index (χ0n) is 9.72. The summed E-state index contributed by atoms with van der Waals surface area (Å²) < 4.78 is 5.16. The van der Waals surface area contributed by atoms with E-state index in [4.69, 9.17) is 4.74 Å². The molecule has 0 aromatic carbocycles. The lowest BCUT2D eigenvalue weighted by Gasteiger charge is -2.37. The first-order valence-corrected chi connectivity index (χ1v) is 7.11. The van der Waals surface area contributed by atoms with Gasteiger partial charge in [0.2, 0.25) is 0 Å². The van der Waals surface area contributed by atoms with Crippen molar-refractivity contribution in [3.8, 4) is 0 Å². The van der Waals surface area contributed by atoms with E-state index in [1.807, 2.05) is 11.8 Å². The van der Waals surface area contributed by atoms with Crippen LogP contribution >= 0.6 is 11.8 Å². The van der Waals surface area contributed by atoms with Crippen LogP contribution in [-0.2, 0) is 9.53 Å². The largest absolute Gasteiger partial charge is 0.481 e. The molecule has 1 aliphatic carbocycles. The minimum atomic E-state index is -0.604. The standard InChI is InChI=1S/C12H20O3S/c1-2-8-3-4-10(12(13)14)11(5-8)16-9-6-15-7-9/h8-11H,2-7H2,1H3,(H,13,14). The Labute approximate surface area is 101 Å². The quantitative estimate of drug-likeness (QED) is 0.825. The van der Waals surface area contributed by atoms with Gasteiger partial charge in [-0.15, -0.1) is 11.8 Å². The molecule has 0 aromatic rings. The summed E-state index contributed by atoms with van der Waals surface area (Å²) in [6.45, 7) is 3.83. The van der Waals surface area contributed by atoms with Gasteiger partial charge in [0.1, 0.15) is 0 Å². The summed E-state index contributed by atoms with van der Waals surface area (Å²) in [6.07, 6.45) is 4.21. The van der Waals surface area contributed by atoms with Crippen molar-refractivity contribution in [3.63, 3.8) is 0 Å².